The fourth-order valence-corrected chi connectivity index (χ4v) is 3.71. The van der Waals surface area contributed by atoms with Crippen molar-refractivity contribution in [1.82, 2.24) is 14.9 Å². The summed E-state index contributed by atoms with van der Waals surface area (Å²) in [6, 6.07) is 4.90. The number of hydrogen-bond acceptors (Lipinski definition) is 7. The van der Waals surface area contributed by atoms with Gasteiger partial charge in [-0.1, -0.05) is 0 Å². The average Bonchev–Trinajstić information content (AvgIpc) is 2.59. The Labute approximate surface area is 148 Å². The molecule has 0 amide bonds. The van der Waals surface area contributed by atoms with Crippen LogP contribution in [-0.4, -0.2) is 66.9 Å². The first-order valence-electron chi connectivity index (χ1n) is 8.52. The zero-order valence-corrected chi connectivity index (χ0v) is 15.2. The number of nitrogens with one attached hydrogen (secondary N) is 1. The summed E-state index contributed by atoms with van der Waals surface area (Å²) in [5.74, 6) is 0.657. The first kappa shape index (κ1) is 18.0. The van der Waals surface area contributed by atoms with Crippen molar-refractivity contribution in [2.24, 2.45) is 0 Å². The maximum atomic E-state index is 11.8. The Balaban J connectivity index is 1.63. The van der Waals surface area contributed by atoms with Crippen molar-refractivity contribution >= 4 is 26.6 Å². The van der Waals surface area contributed by atoms with Gasteiger partial charge in [-0.2, -0.15) is 0 Å². The maximum Gasteiger partial charge on any atom is 0.175 e. The van der Waals surface area contributed by atoms with Gasteiger partial charge < -0.3 is 15.3 Å². The Morgan fingerprint density at radius 2 is 2.04 bits per heavy atom. The zero-order chi connectivity index (χ0) is 17.9. The Morgan fingerprint density at radius 1 is 1.28 bits per heavy atom. The van der Waals surface area contributed by atoms with Crippen molar-refractivity contribution in [3.63, 3.8) is 0 Å². The van der Waals surface area contributed by atoms with Crippen LogP contribution in [0, 0.1) is 0 Å². The number of sulfone groups is 1. The van der Waals surface area contributed by atoms with E-state index in [-0.39, 0.29) is 11.0 Å². The largest absolute Gasteiger partial charge is 0.393 e. The quantitative estimate of drug-likeness (QED) is 0.746. The summed E-state index contributed by atoms with van der Waals surface area (Å²) in [7, 11) is -3.27. The molecule has 2 aromatic rings. The van der Waals surface area contributed by atoms with Gasteiger partial charge in [-0.25, -0.2) is 18.4 Å². The van der Waals surface area contributed by atoms with Gasteiger partial charge in [-0.05, 0) is 44.0 Å². The summed E-state index contributed by atoms with van der Waals surface area (Å²) in [5, 5.41) is 13.5. The third-order valence-electron chi connectivity index (χ3n) is 4.54. The molecule has 136 valence electrons. The van der Waals surface area contributed by atoms with E-state index in [2.05, 4.69) is 20.2 Å². The molecule has 1 aliphatic heterocycles. The number of hydrogen-bond donors (Lipinski definition) is 2. The molecule has 0 saturated carbocycles. The summed E-state index contributed by atoms with van der Waals surface area (Å²) in [4.78, 5) is 11.1. The van der Waals surface area contributed by atoms with Gasteiger partial charge in [0.05, 0.1) is 16.5 Å². The molecule has 1 fully saturated rings. The van der Waals surface area contributed by atoms with Crippen LogP contribution in [0.4, 0.5) is 5.82 Å². The molecule has 2 heterocycles. The van der Waals surface area contributed by atoms with Crippen molar-refractivity contribution in [2.45, 2.75) is 30.3 Å². The summed E-state index contributed by atoms with van der Waals surface area (Å²) in [6.45, 7) is 3.59. The number of aliphatic hydroxyl groups is 1. The van der Waals surface area contributed by atoms with E-state index in [4.69, 9.17) is 0 Å². The number of aliphatic hydroxyl groups excluding tert-OH is 1. The monoisotopic (exact) mass is 364 g/mol. The molecule has 1 saturated heterocycles. The van der Waals surface area contributed by atoms with Crippen LogP contribution in [0.1, 0.15) is 19.3 Å². The highest BCUT2D eigenvalue weighted by atomic mass is 32.2. The third kappa shape index (κ3) is 4.65. The number of rotatable bonds is 6. The zero-order valence-electron chi connectivity index (χ0n) is 14.4. The molecule has 0 atom stereocenters. The van der Waals surface area contributed by atoms with Gasteiger partial charge in [0.1, 0.15) is 12.1 Å². The van der Waals surface area contributed by atoms with Gasteiger partial charge in [0.2, 0.25) is 0 Å². The van der Waals surface area contributed by atoms with Gasteiger partial charge in [-0.3, -0.25) is 0 Å². The molecule has 0 radical (unpaired) electrons. The smallest absolute Gasteiger partial charge is 0.175 e. The highest BCUT2D eigenvalue weighted by Crippen LogP contribution is 2.23. The number of aromatic nitrogens is 2. The minimum Gasteiger partial charge on any atom is -0.393 e. The fraction of sp³-hybridized carbons (Fsp3) is 0.529. The van der Waals surface area contributed by atoms with Crippen molar-refractivity contribution in [1.29, 1.82) is 0 Å². The minimum atomic E-state index is -3.27. The predicted molar refractivity (Wildman–Crippen MR) is 97.4 cm³/mol. The lowest BCUT2D eigenvalue weighted by atomic mass is 10.1. The summed E-state index contributed by atoms with van der Waals surface area (Å²) in [5.41, 5.74) is 0.718. The second-order valence-corrected chi connectivity index (χ2v) is 8.54. The molecule has 3 rings (SSSR count). The van der Waals surface area contributed by atoms with Crippen molar-refractivity contribution < 1.29 is 13.5 Å². The number of nitrogens with zero attached hydrogens (tertiary/aromatic N) is 3. The maximum absolute atomic E-state index is 11.8. The molecule has 7 nitrogen and oxygen atoms in total. The Bertz CT molecular complexity index is 833. The van der Waals surface area contributed by atoms with Gasteiger partial charge in [0, 0.05) is 31.3 Å². The molecule has 25 heavy (non-hydrogen) atoms. The van der Waals surface area contributed by atoms with E-state index >= 15 is 0 Å². The fourth-order valence-electron chi connectivity index (χ4n) is 3.06. The van der Waals surface area contributed by atoms with Crippen LogP contribution in [0.25, 0.3) is 10.9 Å². The second kappa shape index (κ2) is 7.63. The van der Waals surface area contributed by atoms with E-state index in [1.807, 2.05) is 0 Å². The van der Waals surface area contributed by atoms with Crippen LogP contribution in [0.5, 0.6) is 0 Å². The number of benzene rings is 1. The van der Waals surface area contributed by atoms with E-state index in [1.54, 1.807) is 18.2 Å². The lowest BCUT2D eigenvalue weighted by Gasteiger charge is -2.29. The third-order valence-corrected chi connectivity index (χ3v) is 5.65. The van der Waals surface area contributed by atoms with Crippen LogP contribution in [0.3, 0.4) is 0 Å². The molecule has 0 bridgehead atoms. The molecule has 1 aromatic carbocycles. The van der Waals surface area contributed by atoms with E-state index in [9.17, 15) is 13.5 Å². The molecule has 0 unspecified atom stereocenters. The second-order valence-electron chi connectivity index (χ2n) is 6.53. The SMILES string of the molecule is CS(=O)(=O)c1ccc2ncnc(NCCCN3CCC(O)CC3)c2c1. The highest BCUT2D eigenvalue weighted by Gasteiger charge is 2.16. The minimum absolute atomic E-state index is 0.147. The van der Waals surface area contributed by atoms with E-state index < -0.39 is 9.84 Å². The predicted octanol–water partition coefficient (Wildman–Crippen LogP) is 1.29. The molecule has 0 spiro atoms. The Kier molecular flexibility index (Phi) is 5.51. The van der Waals surface area contributed by atoms with E-state index in [0.29, 0.717) is 11.2 Å². The molecule has 2 N–H and O–H groups in total. The highest BCUT2D eigenvalue weighted by molar-refractivity contribution is 7.90. The number of anilines is 1. The van der Waals surface area contributed by atoms with Gasteiger partial charge in [0.15, 0.2) is 9.84 Å². The summed E-state index contributed by atoms with van der Waals surface area (Å²) in [6.07, 6.45) is 5.17. The standard InChI is InChI=1S/C17H24N4O3S/c1-25(23,24)14-3-4-16-15(11-14)17(20-12-19-16)18-7-2-8-21-9-5-13(22)6-10-21/h3-4,11-13,22H,2,5-10H2,1H3,(H,18,19,20). The number of fused-ring (bicyclic) bond motifs is 1. The lowest BCUT2D eigenvalue weighted by molar-refractivity contribution is 0.0825. The number of likely N-dealkylation sites (tertiary alicyclic amines) is 1. The number of piperidine rings is 1. The molecule has 0 aliphatic carbocycles. The average molecular weight is 364 g/mol. The van der Waals surface area contributed by atoms with Crippen LogP contribution >= 0.6 is 0 Å². The molecule has 1 aromatic heterocycles. The lowest BCUT2D eigenvalue weighted by Crippen LogP contribution is -2.36. The van der Waals surface area contributed by atoms with E-state index in [1.165, 1.54) is 12.6 Å². The normalized spacial score (nSPS) is 17.0. The summed E-state index contributed by atoms with van der Waals surface area (Å²) < 4.78 is 23.5. The van der Waals surface area contributed by atoms with Crippen LogP contribution in [0.15, 0.2) is 29.4 Å². The van der Waals surface area contributed by atoms with Gasteiger partial charge >= 0.3 is 0 Å². The van der Waals surface area contributed by atoms with E-state index in [0.717, 1.165) is 51.0 Å². The molecular weight excluding hydrogens is 340 g/mol. The first-order valence-corrected chi connectivity index (χ1v) is 10.4. The molecule has 8 heteroatoms. The molecular formula is C17H24N4O3S. The van der Waals surface area contributed by atoms with Crippen LogP contribution < -0.4 is 5.32 Å². The topological polar surface area (TPSA) is 95.4 Å². The van der Waals surface area contributed by atoms with Crippen molar-refractivity contribution in [2.75, 3.05) is 37.8 Å². The van der Waals surface area contributed by atoms with Crippen LogP contribution in [-0.2, 0) is 9.84 Å². The van der Waals surface area contributed by atoms with Gasteiger partial charge in [0.25, 0.3) is 0 Å². The Morgan fingerprint density at radius 3 is 2.76 bits per heavy atom. The van der Waals surface area contributed by atoms with Crippen molar-refractivity contribution in [3.8, 4) is 0 Å². The van der Waals surface area contributed by atoms with Gasteiger partial charge in [-0.15, -0.1) is 0 Å². The Hall–Kier alpha value is -1.77. The summed E-state index contributed by atoms with van der Waals surface area (Å²) >= 11 is 0. The first-order chi connectivity index (χ1) is 11.9. The van der Waals surface area contributed by atoms with Crippen molar-refractivity contribution in [3.05, 3.63) is 24.5 Å². The van der Waals surface area contributed by atoms with Crippen LogP contribution in [0.2, 0.25) is 0 Å². The molecule has 1 aliphatic rings.